The molecule has 1 aliphatic rings. The van der Waals surface area contributed by atoms with Crippen molar-refractivity contribution in [1.82, 2.24) is 4.57 Å². The van der Waals surface area contributed by atoms with Gasteiger partial charge in [0.2, 0.25) is 0 Å². The van der Waals surface area contributed by atoms with Crippen LogP contribution in [0.25, 0.3) is 10.9 Å². The predicted octanol–water partition coefficient (Wildman–Crippen LogP) is 4.14. The lowest BCUT2D eigenvalue weighted by Gasteiger charge is -2.28. The number of nitrogens with zero attached hydrogens (tertiary/aromatic N) is 3. The molecule has 2 aromatic rings. The molecule has 1 fully saturated rings. The van der Waals surface area contributed by atoms with Gasteiger partial charge in [-0.15, -0.1) is 0 Å². The van der Waals surface area contributed by atoms with Gasteiger partial charge in [-0.25, -0.2) is 0 Å². The number of nitriles is 2. The first-order valence-electron chi connectivity index (χ1n) is 7.17. The summed E-state index contributed by atoms with van der Waals surface area (Å²) in [5, 5.41) is 19.3. The SMILES string of the molecule is C[C@H]1CC[C@@H](n2ccc3c(C#N)cc(C#N)cc32)CC1. The topological polar surface area (TPSA) is 52.5 Å². The molecule has 20 heavy (non-hydrogen) atoms. The van der Waals surface area contributed by atoms with Gasteiger partial charge in [0.05, 0.1) is 28.8 Å². The number of fused-ring (bicyclic) bond motifs is 1. The van der Waals surface area contributed by atoms with Crippen LogP contribution in [0.1, 0.15) is 49.8 Å². The Labute approximate surface area is 119 Å². The minimum absolute atomic E-state index is 0.504. The van der Waals surface area contributed by atoms with E-state index in [0.717, 1.165) is 16.8 Å². The van der Waals surface area contributed by atoms with Gasteiger partial charge in [0.25, 0.3) is 0 Å². The van der Waals surface area contributed by atoms with Crippen LogP contribution in [0.2, 0.25) is 0 Å². The van der Waals surface area contributed by atoms with Gasteiger partial charge in [0.1, 0.15) is 0 Å². The summed E-state index contributed by atoms with van der Waals surface area (Å²) in [4.78, 5) is 0. The fourth-order valence-electron chi connectivity index (χ4n) is 3.26. The number of hydrogen-bond donors (Lipinski definition) is 0. The van der Waals surface area contributed by atoms with E-state index in [1.54, 1.807) is 6.07 Å². The van der Waals surface area contributed by atoms with Gasteiger partial charge < -0.3 is 4.57 Å². The van der Waals surface area contributed by atoms with Gasteiger partial charge in [-0.1, -0.05) is 6.92 Å². The van der Waals surface area contributed by atoms with Crippen LogP contribution in [-0.2, 0) is 0 Å². The molecule has 0 spiro atoms. The Kier molecular flexibility index (Phi) is 3.20. The van der Waals surface area contributed by atoms with Crippen LogP contribution in [0.5, 0.6) is 0 Å². The molecule has 0 amide bonds. The molecule has 3 heteroatoms. The Morgan fingerprint density at radius 1 is 1.10 bits per heavy atom. The van der Waals surface area contributed by atoms with Crippen molar-refractivity contribution in [2.24, 2.45) is 5.92 Å². The molecule has 3 nitrogen and oxygen atoms in total. The number of benzene rings is 1. The molecular formula is C17H17N3. The molecule has 0 aliphatic heterocycles. The van der Waals surface area contributed by atoms with Gasteiger partial charge in [0, 0.05) is 17.6 Å². The quantitative estimate of drug-likeness (QED) is 0.776. The van der Waals surface area contributed by atoms with Gasteiger partial charge in [-0.2, -0.15) is 10.5 Å². The van der Waals surface area contributed by atoms with Gasteiger partial charge in [-0.05, 0) is 49.8 Å². The third-order valence-electron chi connectivity index (χ3n) is 4.47. The second-order valence-corrected chi connectivity index (χ2v) is 5.82. The summed E-state index contributed by atoms with van der Waals surface area (Å²) in [6.45, 7) is 2.31. The average Bonchev–Trinajstić information content (AvgIpc) is 2.90. The molecule has 100 valence electrons. The van der Waals surface area contributed by atoms with E-state index in [9.17, 15) is 5.26 Å². The lowest BCUT2D eigenvalue weighted by molar-refractivity contribution is 0.294. The van der Waals surface area contributed by atoms with E-state index >= 15 is 0 Å². The summed E-state index contributed by atoms with van der Waals surface area (Å²) in [6.07, 6.45) is 6.96. The number of aromatic nitrogens is 1. The van der Waals surface area contributed by atoms with Crippen molar-refractivity contribution in [2.75, 3.05) is 0 Å². The average molecular weight is 263 g/mol. The highest BCUT2D eigenvalue weighted by molar-refractivity contribution is 5.87. The zero-order valence-electron chi connectivity index (χ0n) is 11.6. The van der Waals surface area contributed by atoms with E-state index in [4.69, 9.17) is 5.26 Å². The highest BCUT2D eigenvalue weighted by atomic mass is 15.0. The van der Waals surface area contributed by atoms with Crippen molar-refractivity contribution in [3.63, 3.8) is 0 Å². The summed E-state index contributed by atoms with van der Waals surface area (Å²) in [6, 6.07) is 10.5. The Balaban J connectivity index is 2.09. The highest BCUT2D eigenvalue weighted by Gasteiger charge is 2.21. The maximum Gasteiger partial charge on any atom is 0.0999 e. The van der Waals surface area contributed by atoms with Crippen LogP contribution in [0, 0.1) is 28.6 Å². The summed E-state index contributed by atoms with van der Waals surface area (Å²) in [5.74, 6) is 0.817. The zero-order valence-corrected chi connectivity index (χ0v) is 11.6. The summed E-state index contributed by atoms with van der Waals surface area (Å²) in [7, 11) is 0. The Bertz CT molecular complexity index is 719. The predicted molar refractivity (Wildman–Crippen MR) is 78.0 cm³/mol. The fourth-order valence-corrected chi connectivity index (χ4v) is 3.26. The van der Waals surface area contributed by atoms with E-state index in [1.165, 1.54) is 25.7 Å². The summed E-state index contributed by atoms with van der Waals surface area (Å²) >= 11 is 0. The van der Waals surface area contributed by atoms with E-state index in [-0.39, 0.29) is 0 Å². The maximum absolute atomic E-state index is 9.24. The molecule has 0 atom stereocenters. The van der Waals surface area contributed by atoms with Crippen LogP contribution in [0.15, 0.2) is 24.4 Å². The Hall–Kier alpha value is -2.26. The Morgan fingerprint density at radius 2 is 1.85 bits per heavy atom. The second kappa shape index (κ2) is 5.02. The molecule has 0 bridgehead atoms. The van der Waals surface area contributed by atoms with Crippen LogP contribution >= 0.6 is 0 Å². The third-order valence-corrected chi connectivity index (χ3v) is 4.47. The smallest absolute Gasteiger partial charge is 0.0999 e. The lowest BCUT2D eigenvalue weighted by atomic mass is 9.87. The van der Waals surface area contributed by atoms with E-state index < -0.39 is 0 Å². The van der Waals surface area contributed by atoms with Crippen LogP contribution < -0.4 is 0 Å². The van der Waals surface area contributed by atoms with Crippen molar-refractivity contribution >= 4 is 10.9 Å². The molecule has 1 saturated carbocycles. The van der Waals surface area contributed by atoms with E-state index in [2.05, 4.69) is 29.8 Å². The molecule has 1 heterocycles. The largest absolute Gasteiger partial charge is 0.344 e. The van der Waals surface area contributed by atoms with Crippen molar-refractivity contribution in [3.05, 3.63) is 35.5 Å². The molecule has 3 rings (SSSR count). The van der Waals surface area contributed by atoms with Gasteiger partial charge in [-0.3, -0.25) is 0 Å². The minimum atomic E-state index is 0.504. The zero-order chi connectivity index (χ0) is 14.1. The first-order valence-corrected chi connectivity index (χ1v) is 7.17. The van der Waals surface area contributed by atoms with Crippen molar-refractivity contribution in [2.45, 2.75) is 38.6 Å². The highest BCUT2D eigenvalue weighted by Crippen LogP contribution is 2.35. The van der Waals surface area contributed by atoms with Crippen molar-refractivity contribution < 1.29 is 0 Å². The van der Waals surface area contributed by atoms with Gasteiger partial charge in [0.15, 0.2) is 0 Å². The molecule has 0 unspecified atom stereocenters. The maximum atomic E-state index is 9.24. The third kappa shape index (κ3) is 2.06. The lowest BCUT2D eigenvalue weighted by Crippen LogP contribution is -2.16. The van der Waals surface area contributed by atoms with Gasteiger partial charge >= 0.3 is 0 Å². The fraction of sp³-hybridized carbons (Fsp3) is 0.412. The molecule has 1 aliphatic carbocycles. The first kappa shape index (κ1) is 12.8. The standard InChI is InChI=1S/C17H17N3/c1-12-2-4-15(5-3-12)20-7-6-16-14(11-19)8-13(10-18)9-17(16)20/h6-9,12,15H,2-5H2,1H3/t12-,15+. The van der Waals surface area contributed by atoms with E-state index in [0.29, 0.717) is 17.2 Å². The Morgan fingerprint density at radius 3 is 2.50 bits per heavy atom. The van der Waals surface area contributed by atoms with Crippen molar-refractivity contribution in [1.29, 1.82) is 10.5 Å². The number of hydrogen-bond acceptors (Lipinski definition) is 2. The van der Waals surface area contributed by atoms with Crippen LogP contribution in [-0.4, -0.2) is 4.57 Å². The first-order chi connectivity index (χ1) is 9.72. The molecule has 1 aromatic carbocycles. The van der Waals surface area contributed by atoms with Crippen LogP contribution in [0.3, 0.4) is 0 Å². The summed E-state index contributed by atoms with van der Waals surface area (Å²) < 4.78 is 2.27. The molecule has 1 aromatic heterocycles. The minimum Gasteiger partial charge on any atom is -0.344 e. The summed E-state index contributed by atoms with van der Waals surface area (Å²) in [5.41, 5.74) is 2.19. The van der Waals surface area contributed by atoms with Crippen molar-refractivity contribution in [3.8, 4) is 12.1 Å². The normalized spacial score (nSPS) is 22.4. The molecule has 0 radical (unpaired) electrons. The molecular weight excluding hydrogens is 246 g/mol. The number of rotatable bonds is 1. The van der Waals surface area contributed by atoms with Crippen LogP contribution in [0.4, 0.5) is 0 Å². The monoisotopic (exact) mass is 263 g/mol. The second-order valence-electron chi connectivity index (χ2n) is 5.82. The van der Waals surface area contributed by atoms with E-state index in [1.807, 2.05) is 12.1 Å². The molecule has 0 N–H and O–H groups in total. The molecule has 0 saturated heterocycles.